The molecule has 2 rings (SSSR count). The molecule has 0 saturated carbocycles. The predicted molar refractivity (Wildman–Crippen MR) is 69.6 cm³/mol. The molecule has 1 N–H and O–H groups in total. The summed E-state index contributed by atoms with van der Waals surface area (Å²) in [7, 11) is 0. The highest BCUT2D eigenvalue weighted by Crippen LogP contribution is 2.22. The lowest BCUT2D eigenvalue weighted by Crippen LogP contribution is -2.38. The molecule has 1 aliphatic heterocycles. The largest absolute Gasteiger partial charge is 0.490 e. The lowest BCUT2D eigenvalue weighted by atomic mass is 10.1. The number of nitriles is 1. The van der Waals surface area contributed by atoms with Gasteiger partial charge >= 0.3 is 0 Å². The molecular formula is C14H19N3O. The van der Waals surface area contributed by atoms with Gasteiger partial charge in [0.2, 0.25) is 0 Å². The molecule has 0 spiro atoms. The van der Waals surface area contributed by atoms with Crippen LogP contribution in [-0.4, -0.2) is 24.2 Å². The van der Waals surface area contributed by atoms with E-state index in [1.54, 1.807) is 0 Å². The van der Waals surface area contributed by atoms with Crippen LogP contribution in [0.25, 0.3) is 0 Å². The Morgan fingerprint density at radius 1 is 1.50 bits per heavy atom. The third-order valence-electron chi connectivity index (χ3n) is 3.26. The Balaban J connectivity index is 2.06. The van der Waals surface area contributed by atoms with E-state index >= 15 is 0 Å². The number of piperidine rings is 1. The van der Waals surface area contributed by atoms with Crippen molar-refractivity contribution in [2.24, 2.45) is 0 Å². The van der Waals surface area contributed by atoms with Crippen LogP contribution >= 0.6 is 0 Å². The molecule has 2 heterocycles. The van der Waals surface area contributed by atoms with Crippen LogP contribution in [0, 0.1) is 25.2 Å². The van der Waals surface area contributed by atoms with E-state index < -0.39 is 0 Å². The predicted octanol–water partition coefficient (Wildman–Crippen LogP) is 2.09. The first kappa shape index (κ1) is 12.8. The number of pyridine rings is 1. The molecule has 1 atom stereocenters. The molecule has 1 aliphatic rings. The van der Waals surface area contributed by atoms with Crippen LogP contribution in [0.4, 0.5) is 0 Å². The Morgan fingerprint density at radius 2 is 2.33 bits per heavy atom. The molecule has 1 aromatic heterocycles. The van der Waals surface area contributed by atoms with Gasteiger partial charge in [-0.1, -0.05) is 6.42 Å². The second kappa shape index (κ2) is 5.83. The normalized spacial score (nSPS) is 19.3. The summed E-state index contributed by atoms with van der Waals surface area (Å²) in [5, 5.41) is 12.6. The smallest absolute Gasteiger partial charge is 0.140 e. The molecule has 96 valence electrons. The number of rotatable bonds is 3. The van der Waals surface area contributed by atoms with E-state index in [1.165, 1.54) is 12.8 Å². The third-order valence-corrected chi connectivity index (χ3v) is 3.26. The van der Waals surface area contributed by atoms with E-state index in [1.807, 2.05) is 19.9 Å². The van der Waals surface area contributed by atoms with Gasteiger partial charge in [0.25, 0.3) is 0 Å². The van der Waals surface area contributed by atoms with Gasteiger partial charge in [0.15, 0.2) is 0 Å². The van der Waals surface area contributed by atoms with Gasteiger partial charge in [-0.25, -0.2) is 0 Å². The zero-order chi connectivity index (χ0) is 13.0. The minimum Gasteiger partial charge on any atom is -0.490 e. The molecule has 0 aromatic carbocycles. The van der Waals surface area contributed by atoms with Gasteiger partial charge in [0.05, 0.1) is 5.69 Å². The fourth-order valence-electron chi connectivity index (χ4n) is 2.30. The number of hydrogen-bond donors (Lipinski definition) is 1. The van der Waals surface area contributed by atoms with Crippen molar-refractivity contribution in [3.05, 3.63) is 23.0 Å². The Kier molecular flexibility index (Phi) is 4.16. The van der Waals surface area contributed by atoms with Gasteiger partial charge in [-0.3, -0.25) is 4.98 Å². The molecule has 0 amide bonds. The summed E-state index contributed by atoms with van der Waals surface area (Å²) in [6.45, 7) is 5.45. The minimum absolute atomic E-state index is 0.402. The minimum atomic E-state index is 0.402. The second-order valence-electron chi connectivity index (χ2n) is 4.79. The quantitative estimate of drug-likeness (QED) is 0.886. The van der Waals surface area contributed by atoms with Crippen LogP contribution < -0.4 is 10.1 Å². The molecule has 0 bridgehead atoms. The van der Waals surface area contributed by atoms with E-state index in [9.17, 15) is 0 Å². The highest BCUT2D eigenvalue weighted by molar-refractivity contribution is 5.46. The van der Waals surface area contributed by atoms with Crippen LogP contribution in [0.15, 0.2) is 6.07 Å². The topological polar surface area (TPSA) is 57.9 Å². The van der Waals surface area contributed by atoms with Crippen LogP contribution in [-0.2, 0) is 0 Å². The number of nitrogens with zero attached hydrogens (tertiary/aromatic N) is 2. The van der Waals surface area contributed by atoms with Crippen molar-refractivity contribution < 1.29 is 4.74 Å². The Bertz CT molecular complexity index is 459. The standard InChI is InChI=1S/C14H19N3O/c1-10-7-14(13(8-15)11(2)17-10)18-9-12-5-3-4-6-16-12/h7,12,16H,3-6,9H2,1-2H3. The molecule has 0 aliphatic carbocycles. The summed E-state index contributed by atoms with van der Waals surface area (Å²) in [4.78, 5) is 4.28. The third kappa shape index (κ3) is 2.99. The molecular weight excluding hydrogens is 226 g/mol. The Labute approximate surface area is 108 Å². The first-order valence-electron chi connectivity index (χ1n) is 6.45. The highest BCUT2D eigenvalue weighted by Gasteiger charge is 2.15. The van der Waals surface area contributed by atoms with Gasteiger partial charge in [-0.2, -0.15) is 5.26 Å². The summed E-state index contributed by atoms with van der Waals surface area (Å²) >= 11 is 0. The maximum absolute atomic E-state index is 9.14. The Morgan fingerprint density at radius 3 is 3.00 bits per heavy atom. The van der Waals surface area contributed by atoms with Crippen LogP contribution in [0.2, 0.25) is 0 Å². The second-order valence-corrected chi connectivity index (χ2v) is 4.79. The van der Waals surface area contributed by atoms with Crippen molar-refractivity contribution in [3.8, 4) is 11.8 Å². The first-order valence-corrected chi connectivity index (χ1v) is 6.45. The van der Waals surface area contributed by atoms with Gasteiger partial charge in [-0.05, 0) is 33.2 Å². The summed E-state index contributed by atoms with van der Waals surface area (Å²) in [6, 6.07) is 4.41. The molecule has 4 heteroatoms. The molecule has 18 heavy (non-hydrogen) atoms. The van der Waals surface area contributed by atoms with E-state index in [2.05, 4.69) is 16.4 Å². The fourth-order valence-corrected chi connectivity index (χ4v) is 2.30. The first-order chi connectivity index (χ1) is 8.70. The number of ether oxygens (including phenoxy) is 1. The maximum Gasteiger partial charge on any atom is 0.140 e. The van der Waals surface area contributed by atoms with Gasteiger partial charge in [0, 0.05) is 17.8 Å². The van der Waals surface area contributed by atoms with Crippen LogP contribution in [0.5, 0.6) is 5.75 Å². The zero-order valence-electron chi connectivity index (χ0n) is 11.0. The molecule has 1 saturated heterocycles. The summed E-state index contributed by atoms with van der Waals surface area (Å²) in [6.07, 6.45) is 3.64. The average Bonchev–Trinajstić information content (AvgIpc) is 2.37. The summed E-state index contributed by atoms with van der Waals surface area (Å²) in [5.41, 5.74) is 2.18. The molecule has 0 radical (unpaired) electrons. The van der Waals surface area contributed by atoms with E-state index in [0.717, 1.165) is 24.4 Å². The number of nitrogens with one attached hydrogen (secondary N) is 1. The van der Waals surface area contributed by atoms with Gasteiger partial charge < -0.3 is 10.1 Å². The van der Waals surface area contributed by atoms with Crippen LogP contribution in [0.3, 0.4) is 0 Å². The van der Waals surface area contributed by atoms with Crippen molar-refractivity contribution in [2.45, 2.75) is 39.2 Å². The Hall–Kier alpha value is -1.60. The van der Waals surface area contributed by atoms with Crippen molar-refractivity contribution >= 4 is 0 Å². The average molecular weight is 245 g/mol. The number of aromatic nitrogens is 1. The molecule has 1 fully saturated rings. The summed E-state index contributed by atoms with van der Waals surface area (Å²) in [5.74, 6) is 0.662. The van der Waals surface area contributed by atoms with E-state index in [-0.39, 0.29) is 0 Å². The van der Waals surface area contributed by atoms with Crippen molar-refractivity contribution in [2.75, 3.05) is 13.2 Å². The monoisotopic (exact) mass is 245 g/mol. The van der Waals surface area contributed by atoms with Gasteiger partial charge in [-0.15, -0.1) is 0 Å². The molecule has 1 unspecified atom stereocenters. The summed E-state index contributed by atoms with van der Waals surface area (Å²) < 4.78 is 5.80. The van der Waals surface area contributed by atoms with E-state index in [4.69, 9.17) is 10.00 Å². The van der Waals surface area contributed by atoms with Gasteiger partial charge in [0.1, 0.15) is 24.0 Å². The lowest BCUT2D eigenvalue weighted by Gasteiger charge is -2.23. The number of aryl methyl sites for hydroxylation is 2. The van der Waals surface area contributed by atoms with Crippen molar-refractivity contribution in [1.29, 1.82) is 5.26 Å². The SMILES string of the molecule is Cc1cc(OCC2CCCCN2)c(C#N)c(C)n1. The molecule has 4 nitrogen and oxygen atoms in total. The van der Waals surface area contributed by atoms with Crippen molar-refractivity contribution in [3.63, 3.8) is 0 Å². The fraction of sp³-hybridized carbons (Fsp3) is 0.571. The van der Waals surface area contributed by atoms with Crippen molar-refractivity contribution in [1.82, 2.24) is 10.3 Å². The van der Waals surface area contributed by atoms with Crippen LogP contribution in [0.1, 0.15) is 36.2 Å². The zero-order valence-corrected chi connectivity index (χ0v) is 11.0. The molecule has 1 aromatic rings. The highest BCUT2D eigenvalue weighted by atomic mass is 16.5. The van der Waals surface area contributed by atoms with E-state index in [0.29, 0.717) is 24.0 Å². The number of hydrogen-bond acceptors (Lipinski definition) is 4. The maximum atomic E-state index is 9.14. The lowest BCUT2D eigenvalue weighted by molar-refractivity contribution is 0.238.